The lowest BCUT2D eigenvalue weighted by Crippen LogP contribution is -1.93. The molecule has 0 aliphatic carbocycles. The largest absolute Gasteiger partial charge is 0.291 e. The molecule has 2 nitrogen and oxygen atoms in total. The zero-order valence-corrected chi connectivity index (χ0v) is 27.6. The maximum atomic E-state index is 5.37. The number of benzene rings is 8. The molecule has 8 aromatic carbocycles. The Labute approximate surface area is 289 Å². The van der Waals surface area contributed by atoms with Crippen LogP contribution in [0.2, 0.25) is 0 Å². The molecule has 0 radical (unpaired) electrons. The molecule has 10 rings (SSSR count). The fraction of sp³-hybridized carbons (Fsp3) is 0.0208. The molecule has 10 aromatic rings. The predicted octanol–water partition coefficient (Wildman–Crippen LogP) is 13.2. The molecule has 50 heavy (non-hydrogen) atoms. The second-order valence-electron chi connectivity index (χ2n) is 13.2. The van der Waals surface area contributed by atoms with Crippen LogP contribution < -0.4 is 0 Å². The highest BCUT2D eigenvalue weighted by molar-refractivity contribution is 6.24. The van der Waals surface area contributed by atoms with E-state index in [1.165, 1.54) is 70.7 Å². The lowest BCUT2D eigenvalue weighted by molar-refractivity contribution is 1.29. The van der Waals surface area contributed by atoms with Crippen molar-refractivity contribution >= 4 is 76.7 Å². The molecule has 0 amide bonds. The summed E-state index contributed by atoms with van der Waals surface area (Å²) >= 11 is 0. The lowest BCUT2D eigenvalue weighted by Gasteiger charge is -2.12. The van der Waals surface area contributed by atoms with Crippen LogP contribution in [0.15, 0.2) is 170 Å². The third-order valence-corrected chi connectivity index (χ3v) is 10.2. The average Bonchev–Trinajstić information content (AvgIpc) is 3.59. The van der Waals surface area contributed by atoms with Gasteiger partial charge in [0, 0.05) is 16.3 Å². The Kier molecular flexibility index (Phi) is 6.43. The van der Waals surface area contributed by atoms with Crippen molar-refractivity contribution in [3.63, 3.8) is 0 Å². The molecule has 0 aliphatic heterocycles. The second-order valence-corrected chi connectivity index (χ2v) is 13.2. The maximum absolute atomic E-state index is 5.37. The van der Waals surface area contributed by atoms with Gasteiger partial charge in [0.25, 0.3) is 0 Å². The van der Waals surface area contributed by atoms with Gasteiger partial charge in [0.2, 0.25) is 0 Å². The van der Waals surface area contributed by atoms with Gasteiger partial charge < -0.3 is 0 Å². The minimum Gasteiger partial charge on any atom is -0.291 e. The van der Waals surface area contributed by atoms with Crippen LogP contribution in [0.25, 0.3) is 99.0 Å². The SMILES string of the molecule is C/C=C\C=C/c1cc2cc(-c3ccc4cc(-c5ccc6ccccc6c5)ccc4c3)ccc2n2c1nc1c3ccccc3c3ccccc3c12. The maximum Gasteiger partial charge on any atom is 0.145 e. The minimum absolute atomic E-state index is 0.968. The van der Waals surface area contributed by atoms with E-state index in [1.54, 1.807) is 0 Å². The summed E-state index contributed by atoms with van der Waals surface area (Å²) in [4.78, 5) is 5.37. The molecule has 0 spiro atoms. The molecule has 234 valence electrons. The van der Waals surface area contributed by atoms with Crippen LogP contribution in [0.3, 0.4) is 0 Å². The Hall–Kier alpha value is -6.51. The highest BCUT2D eigenvalue weighted by Crippen LogP contribution is 2.39. The summed E-state index contributed by atoms with van der Waals surface area (Å²) in [7, 11) is 0. The van der Waals surface area contributed by atoms with Crippen molar-refractivity contribution in [1.29, 1.82) is 0 Å². The van der Waals surface area contributed by atoms with Crippen LogP contribution >= 0.6 is 0 Å². The standard InChI is InChI=1S/C48H32N2/c1-2-3-4-13-39-30-40-29-38(37-23-22-35-27-34(20-21-36(35)28-37)33-19-18-31-11-5-6-12-32(31)26-33)24-25-45(40)50-47-44-17-10-8-15-42(44)41-14-7-9-16-43(41)46(47)49-48(39)50/h2-30H,1H3/b3-2-,13-4-. The minimum atomic E-state index is 0.968. The van der Waals surface area contributed by atoms with Gasteiger partial charge in [0.05, 0.1) is 16.6 Å². The first-order chi connectivity index (χ1) is 24.7. The Morgan fingerprint density at radius 3 is 1.66 bits per heavy atom. The van der Waals surface area contributed by atoms with Crippen molar-refractivity contribution in [2.75, 3.05) is 0 Å². The van der Waals surface area contributed by atoms with E-state index >= 15 is 0 Å². The van der Waals surface area contributed by atoms with E-state index in [9.17, 15) is 0 Å². The number of nitrogens with zero attached hydrogens (tertiary/aromatic N) is 2. The summed E-state index contributed by atoms with van der Waals surface area (Å²) in [6, 6.07) is 55.5. The summed E-state index contributed by atoms with van der Waals surface area (Å²) < 4.78 is 2.38. The Morgan fingerprint density at radius 2 is 0.980 bits per heavy atom. The first-order valence-electron chi connectivity index (χ1n) is 17.2. The molecule has 0 atom stereocenters. The Bertz CT molecular complexity index is 3050. The normalized spacial score (nSPS) is 12.3. The van der Waals surface area contributed by atoms with E-state index in [2.05, 4.69) is 180 Å². The van der Waals surface area contributed by atoms with E-state index in [0.717, 1.165) is 27.8 Å². The third kappa shape index (κ3) is 4.46. The number of allylic oxidation sites excluding steroid dienone is 3. The molecule has 0 saturated carbocycles. The number of hydrogen-bond acceptors (Lipinski definition) is 1. The molecule has 0 unspecified atom stereocenters. The van der Waals surface area contributed by atoms with E-state index in [0.29, 0.717) is 0 Å². The predicted molar refractivity (Wildman–Crippen MR) is 215 cm³/mol. The fourth-order valence-electron chi connectivity index (χ4n) is 7.79. The molecule has 0 bridgehead atoms. The number of imidazole rings is 1. The smallest absolute Gasteiger partial charge is 0.145 e. The molecular formula is C48H32N2. The molecule has 0 aliphatic rings. The first-order valence-corrected chi connectivity index (χ1v) is 17.2. The number of hydrogen-bond donors (Lipinski definition) is 0. The van der Waals surface area contributed by atoms with Crippen molar-refractivity contribution in [2.24, 2.45) is 0 Å². The van der Waals surface area contributed by atoms with Crippen LogP contribution in [0.1, 0.15) is 12.5 Å². The molecule has 0 fully saturated rings. The van der Waals surface area contributed by atoms with Crippen molar-refractivity contribution in [3.05, 3.63) is 175 Å². The summed E-state index contributed by atoms with van der Waals surface area (Å²) in [5, 5.41) is 11.1. The zero-order valence-electron chi connectivity index (χ0n) is 27.6. The summed E-state index contributed by atoms with van der Waals surface area (Å²) in [5.41, 5.74) is 10.3. The van der Waals surface area contributed by atoms with Crippen molar-refractivity contribution in [2.45, 2.75) is 6.92 Å². The van der Waals surface area contributed by atoms with Gasteiger partial charge in [0.15, 0.2) is 0 Å². The van der Waals surface area contributed by atoms with Crippen molar-refractivity contribution in [1.82, 2.24) is 9.38 Å². The van der Waals surface area contributed by atoms with Crippen molar-refractivity contribution in [3.8, 4) is 22.3 Å². The van der Waals surface area contributed by atoms with Crippen LogP contribution in [0, 0.1) is 0 Å². The van der Waals surface area contributed by atoms with E-state index in [-0.39, 0.29) is 0 Å². The highest BCUT2D eigenvalue weighted by Gasteiger charge is 2.18. The van der Waals surface area contributed by atoms with E-state index in [4.69, 9.17) is 4.98 Å². The number of aromatic nitrogens is 2. The van der Waals surface area contributed by atoms with Crippen LogP contribution in [-0.4, -0.2) is 9.38 Å². The topological polar surface area (TPSA) is 17.3 Å². The van der Waals surface area contributed by atoms with Gasteiger partial charge in [0.1, 0.15) is 5.65 Å². The average molecular weight is 637 g/mol. The van der Waals surface area contributed by atoms with Gasteiger partial charge in [-0.25, -0.2) is 4.98 Å². The second kappa shape index (κ2) is 11.3. The van der Waals surface area contributed by atoms with Crippen LogP contribution in [-0.2, 0) is 0 Å². The van der Waals surface area contributed by atoms with Crippen LogP contribution in [0.5, 0.6) is 0 Å². The zero-order chi connectivity index (χ0) is 33.2. The van der Waals surface area contributed by atoms with Gasteiger partial charge >= 0.3 is 0 Å². The van der Waals surface area contributed by atoms with E-state index in [1.807, 2.05) is 6.92 Å². The molecule has 0 saturated heterocycles. The monoisotopic (exact) mass is 636 g/mol. The summed E-state index contributed by atoms with van der Waals surface area (Å²) in [6.07, 6.45) is 8.42. The number of pyridine rings is 1. The fourth-order valence-corrected chi connectivity index (χ4v) is 7.79. The van der Waals surface area contributed by atoms with E-state index < -0.39 is 0 Å². The Balaban J connectivity index is 1.15. The van der Waals surface area contributed by atoms with Crippen LogP contribution in [0.4, 0.5) is 0 Å². The Morgan fingerprint density at radius 1 is 0.460 bits per heavy atom. The van der Waals surface area contributed by atoms with Crippen molar-refractivity contribution < 1.29 is 0 Å². The van der Waals surface area contributed by atoms with Gasteiger partial charge in [-0.3, -0.25) is 4.40 Å². The summed E-state index contributed by atoms with van der Waals surface area (Å²) in [5.74, 6) is 0. The molecule has 2 heteroatoms. The lowest BCUT2D eigenvalue weighted by atomic mass is 9.96. The number of fused-ring (bicyclic) bond motifs is 12. The molecule has 2 aromatic heterocycles. The van der Waals surface area contributed by atoms with Gasteiger partial charge in [-0.05, 0) is 103 Å². The summed E-state index contributed by atoms with van der Waals surface area (Å²) in [6.45, 7) is 2.04. The van der Waals surface area contributed by atoms with Gasteiger partial charge in [-0.15, -0.1) is 0 Å². The molecule has 2 heterocycles. The number of rotatable bonds is 4. The third-order valence-electron chi connectivity index (χ3n) is 10.2. The quantitative estimate of drug-likeness (QED) is 0.139. The highest BCUT2D eigenvalue weighted by atomic mass is 15.0. The van der Waals surface area contributed by atoms with Gasteiger partial charge in [-0.1, -0.05) is 140 Å². The molecule has 0 N–H and O–H groups in total. The van der Waals surface area contributed by atoms with Gasteiger partial charge in [-0.2, -0.15) is 0 Å². The molecular weight excluding hydrogens is 605 g/mol. The first kappa shape index (κ1) is 28.5.